The first-order valence-corrected chi connectivity index (χ1v) is 8.85. The van der Waals surface area contributed by atoms with Gasteiger partial charge in [-0.15, -0.1) is 11.8 Å². The molecule has 1 amide bonds. The third kappa shape index (κ3) is 12.1. The van der Waals surface area contributed by atoms with Crippen LogP contribution < -0.4 is 10.6 Å². The largest absolute Gasteiger partial charge is 0.480 e. The van der Waals surface area contributed by atoms with E-state index in [1.165, 1.54) is 0 Å². The molecule has 1 heterocycles. The number of rotatable bonds is 6. The zero-order valence-electron chi connectivity index (χ0n) is 14.6. The minimum Gasteiger partial charge on any atom is -0.480 e. The summed E-state index contributed by atoms with van der Waals surface area (Å²) >= 11 is 1.14. The number of ether oxygens (including phenoxy) is 1. The molecule has 2 atom stereocenters. The molecule has 0 saturated carbocycles. The first-order valence-electron chi connectivity index (χ1n) is 7.70. The van der Waals surface area contributed by atoms with Crippen LogP contribution in [0.1, 0.15) is 33.6 Å². The van der Waals surface area contributed by atoms with Gasteiger partial charge in [0, 0.05) is 5.75 Å². The normalized spacial score (nSPS) is 17.4. The Balaban J connectivity index is 0.000000593. The maximum Gasteiger partial charge on any atom is 0.408 e. The highest BCUT2D eigenvalue weighted by molar-refractivity contribution is 7.99. The highest BCUT2D eigenvalue weighted by atomic mass is 32.2. The highest BCUT2D eigenvalue weighted by Gasteiger charge is 2.23. The lowest BCUT2D eigenvalue weighted by atomic mass is 10.2. The molecule has 1 rings (SSSR count). The van der Waals surface area contributed by atoms with Gasteiger partial charge in [-0.2, -0.15) is 5.26 Å². The quantitative estimate of drug-likeness (QED) is 0.499. The molecule has 1 aliphatic heterocycles. The molecule has 0 unspecified atom stereocenters. The summed E-state index contributed by atoms with van der Waals surface area (Å²) in [5.74, 6) is -1.56. The maximum atomic E-state index is 11.3. The molecule has 0 radical (unpaired) electrons. The molecule has 0 aromatic heterocycles. The fraction of sp³-hybridized carbons (Fsp3) is 0.733. The molecule has 1 aliphatic rings. The molecule has 1 fully saturated rings. The zero-order chi connectivity index (χ0) is 19.5. The number of nitrogens with one attached hydrogen (secondary N) is 2. The third-order valence-corrected chi connectivity index (χ3v) is 3.70. The van der Waals surface area contributed by atoms with Gasteiger partial charge in [0.05, 0.1) is 11.8 Å². The number of thioether (sulfide) groups is 1. The highest BCUT2D eigenvalue weighted by Crippen LogP contribution is 2.08. The van der Waals surface area contributed by atoms with E-state index in [0.717, 1.165) is 31.1 Å². The number of carbonyl (C=O) groups is 3. The molecular weight excluding hydrogens is 350 g/mol. The molecule has 9 nitrogen and oxygen atoms in total. The van der Waals surface area contributed by atoms with Crippen LogP contribution in [0, 0.1) is 11.3 Å². The number of amides is 1. The monoisotopic (exact) mass is 375 g/mol. The van der Waals surface area contributed by atoms with E-state index in [2.05, 4.69) is 10.6 Å². The fourth-order valence-electron chi connectivity index (χ4n) is 1.74. The van der Waals surface area contributed by atoms with Crippen molar-refractivity contribution in [3.63, 3.8) is 0 Å². The fourth-order valence-corrected chi connectivity index (χ4v) is 2.41. The number of carboxylic acids is 2. The third-order valence-electron chi connectivity index (χ3n) is 2.80. The van der Waals surface area contributed by atoms with Crippen molar-refractivity contribution in [1.82, 2.24) is 10.6 Å². The van der Waals surface area contributed by atoms with Gasteiger partial charge in [-0.3, -0.25) is 4.79 Å². The molecule has 0 aromatic rings. The molecule has 0 aromatic carbocycles. The lowest BCUT2D eigenvalue weighted by Gasteiger charge is -2.21. The Kier molecular flexibility index (Phi) is 10.6. The van der Waals surface area contributed by atoms with Gasteiger partial charge >= 0.3 is 18.0 Å². The predicted molar refractivity (Wildman–Crippen MR) is 92.4 cm³/mol. The second-order valence-corrected chi connectivity index (χ2v) is 7.23. The van der Waals surface area contributed by atoms with Crippen LogP contribution in [0.5, 0.6) is 0 Å². The van der Waals surface area contributed by atoms with E-state index in [4.69, 9.17) is 20.2 Å². The minimum absolute atomic E-state index is 0.127. The number of hydrogen-bond donors (Lipinski definition) is 4. The lowest BCUT2D eigenvalue weighted by molar-refractivity contribution is -0.139. The van der Waals surface area contributed by atoms with Gasteiger partial charge < -0.3 is 25.6 Å². The average molecular weight is 375 g/mol. The van der Waals surface area contributed by atoms with Crippen LogP contribution in [0.2, 0.25) is 0 Å². The van der Waals surface area contributed by atoms with E-state index in [1.807, 2.05) is 6.07 Å². The molecule has 0 spiro atoms. The number of nitrogens with zero attached hydrogens (tertiary/aromatic N) is 1. The van der Waals surface area contributed by atoms with E-state index in [0.29, 0.717) is 0 Å². The van der Waals surface area contributed by atoms with Crippen molar-refractivity contribution in [1.29, 1.82) is 5.26 Å². The summed E-state index contributed by atoms with van der Waals surface area (Å²) in [6.07, 6.45) is 1.01. The summed E-state index contributed by atoms with van der Waals surface area (Å²) in [4.78, 5) is 32.3. The first-order chi connectivity index (χ1) is 11.6. The summed E-state index contributed by atoms with van der Waals surface area (Å²) in [6.45, 7) is 5.92. The Bertz CT molecular complexity index is 494. The van der Waals surface area contributed by atoms with Gasteiger partial charge in [0.1, 0.15) is 17.7 Å². The molecular formula is C15H25N3O6S. The molecule has 25 heavy (non-hydrogen) atoms. The molecule has 10 heteroatoms. The summed E-state index contributed by atoms with van der Waals surface area (Å²) in [5, 5.41) is 30.6. The molecule has 142 valence electrons. The zero-order valence-corrected chi connectivity index (χ0v) is 15.4. The van der Waals surface area contributed by atoms with E-state index in [9.17, 15) is 14.4 Å². The molecule has 0 bridgehead atoms. The van der Waals surface area contributed by atoms with Crippen molar-refractivity contribution in [2.75, 3.05) is 18.1 Å². The van der Waals surface area contributed by atoms with Gasteiger partial charge in [0.25, 0.3) is 0 Å². The minimum atomic E-state index is -1.15. The van der Waals surface area contributed by atoms with Crippen molar-refractivity contribution in [2.45, 2.75) is 51.3 Å². The van der Waals surface area contributed by atoms with Gasteiger partial charge in [0.2, 0.25) is 0 Å². The summed E-state index contributed by atoms with van der Waals surface area (Å²) in [7, 11) is 0. The van der Waals surface area contributed by atoms with Gasteiger partial charge in [-0.05, 0) is 40.2 Å². The van der Waals surface area contributed by atoms with Crippen molar-refractivity contribution in [2.24, 2.45) is 0 Å². The van der Waals surface area contributed by atoms with Crippen molar-refractivity contribution in [3.8, 4) is 6.07 Å². The van der Waals surface area contributed by atoms with Crippen LogP contribution in [0.3, 0.4) is 0 Å². The number of nitriles is 1. The summed E-state index contributed by atoms with van der Waals surface area (Å²) in [5.41, 5.74) is -0.674. The van der Waals surface area contributed by atoms with Crippen LogP contribution in [-0.2, 0) is 14.3 Å². The van der Waals surface area contributed by atoms with Crippen molar-refractivity contribution >= 4 is 29.8 Å². The Hall–Kier alpha value is -1.99. The van der Waals surface area contributed by atoms with E-state index >= 15 is 0 Å². The Morgan fingerprint density at radius 3 is 2.40 bits per heavy atom. The Morgan fingerprint density at radius 1 is 1.40 bits per heavy atom. The molecule has 1 saturated heterocycles. The number of aliphatic carboxylic acids is 2. The predicted octanol–water partition coefficient (Wildman–Crippen LogP) is 1.04. The van der Waals surface area contributed by atoms with E-state index in [-0.39, 0.29) is 17.5 Å². The molecule has 0 aliphatic carbocycles. The average Bonchev–Trinajstić information content (AvgIpc) is 2.99. The van der Waals surface area contributed by atoms with E-state index in [1.54, 1.807) is 20.8 Å². The topological polar surface area (TPSA) is 149 Å². The second-order valence-electron chi connectivity index (χ2n) is 6.20. The van der Waals surface area contributed by atoms with Gasteiger partial charge in [-0.25, -0.2) is 9.59 Å². The van der Waals surface area contributed by atoms with Gasteiger partial charge in [-0.1, -0.05) is 0 Å². The summed E-state index contributed by atoms with van der Waals surface area (Å²) < 4.78 is 4.94. The van der Waals surface area contributed by atoms with Crippen molar-refractivity contribution in [3.05, 3.63) is 0 Å². The number of hydrogen-bond acceptors (Lipinski definition) is 7. The summed E-state index contributed by atoms with van der Waals surface area (Å²) in [6, 6.07) is 0.559. The van der Waals surface area contributed by atoms with Crippen LogP contribution in [0.25, 0.3) is 0 Å². The van der Waals surface area contributed by atoms with E-state index < -0.39 is 29.7 Å². The smallest absolute Gasteiger partial charge is 0.408 e. The number of carbonyl (C=O) groups excluding carboxylic acids is 1. The first kappa shape index (κ1) is 23.0. The lowest BCUT2D eigenvalue weighted by Crippen LogP contribution is -2.44. The number of alkyl carbamates (subject to hydrolysis) is 1. The van der Waals surface area contributed by atoms with Crippen LogP contribution >= 0.6 is 11.8 Å². The molecule has 4 N–H and O–H groups in total. The van der Waals surface area contributed by atoms with Crippen LogP contribution in [-0.4, -0.2) is 64.0 Å². The van der Waals surface area contributed by atoms with Crippen molar-refractivity contribution < 1.29 is 29.3 Å². The van der Waals surface area contributed by atoms with Crippen LogP contribution in [0.15, 0.2) is 0 Å². The Morgan fingerprint density at radius 2 is 2.04 bits per heavy atom. The standard InChI is InChI=1S/C10H16N2O4S.C5H9NO2/c1-10(2,3)16-9(15)12-7(8(13)14)6-17-5-4-11;7-5(8)4-2-1-3-6-4/h7H,5-6H2,1-3H3,(H,12,15)(H,13,14);4,6H,1-3H2,(H,7,8)/t7-;4-/m00/s1. The SMILES string of the molecule is CC(C)(C)OC(=O)N[C@@H](CSCC#N)C(=O)O.O=C(O)[C@@H]1CCCN1. The maximum absolute atomic E-state index is 11.3. The second kappa shape index (κ2) is 11.5. The van der Waals surface area contributed by atoms with Gasteiger partial charge in [0.15, 0.2) is 0 Å². The number of carboxylic acid groups (broad SMARTS) is 2. The van der Waals surface area contributed by atoms with Crippen LogP contribution in [0.4, 0.5) is 4.79 Å². The Labute approximate surface area is 151 Å².